The van der Waals surface area contributed by atoms with E-state index in [1.165, 1.54) is 24.8 Å². The molecular weight excluding hydrogens is 423 g/mol. The van der Waals surface area contributed by atoms with Crippen LogP contribution in [0.1, 0.15) is 18.8 Å². The van der Waals surface area contributed by atoms with Crippen LogP contribution in [-0.2, 0) is 0 Å². The number of hydrogen-bond donors (Lipinski definition) is 2. The Morgan fingerprint density at radius 2 is 1.81 bits per heavy atom. The van der Waals surface area contributed by atoms with Crippen molar-refractivity contribution in [2.75, 3.05) is 5.32 Å². The summed E-state index contributed by atoms with van der Waals surface area (Å²) in [6.07, 6.45) is 2.78. The molecule has 5 aromatic rings. The van der Waals surface area contributed by atoms with Crippen LogP contribution in [0, 0.1) is 17.5 Å². The van der Waals surface area contributed by atoms with Crippen LogP contribution in [0.5, 0.6) is 0 Å². The number of fused-ring (bicyclic) bond motifs is 2. The Labute approximate surface area is 177 Å². The van der Waals surface area contributed by atoms with Crippen LogP contribution in [0.3, 0.4) is 0 Å². The molecular formula is C21H14F3N7O. The van der Waals surface area contributed by atoms with Gasteiger partial charge in [0.15, 0.2) is 11.5 Å². The van der Waals surface area contributed by atoms with Gasteiger partial charge < -0.3 is 10.3 Å². The lowest BCUT2D eigenvalue weighted by molar-refractivity contribution is 0.572. The summed E-state index contributed by atoms with van der Waals surface area (Å²) in [5.74, 6) is -1.89. The lowest BCUT2D eigenvalue weighted by Gasteiger charge is -2.20. The van der Waals surface area contributed by atoms with E-state index in [1.807, 2.05) is 0 Å². The molecule has 8 nitrogen and oxygen atoms in total. The fourth-order valence-corrected chi connectivity index (χ4v) is 3.50. The van der Waals surface area contributed by atoms with Gasteiger partial charge in [0, 0.05) is 6.07 Å². The van der Waals surface area contributed by atoms with Gasteiger partial charge in [0.25, 0.3) is 5.56 Å². The normalized spacial score (nSPS) is 12.4. The summed E-state index contributed by atoms with van der Waals surface area (Å²) in [6.45, 7) is 1.69. The molecule has 0 spiro atoms. The summed E-state index contributed by atoms with van der Waals surface area (Å²) >= 11 is 0. The highest BCUT2D eigenvalue weighted by Crippen LogP contribution is 2.25. The van der Waals surface area contributed by atoms with E-state index in [-0.39, 0.29) is 22.4 Å². The number of imidazole rings is 1. The first-order valence-corrected chi connectivity index (χ1v) is 9.50. The van der Waals surface area contributed by atoms with E-state index in [4.69, 9.17) is 0 Å². The minimum atomic E-state index is -0.962. The molecule has 3 aromatic heterocycles. The lowest BCUT2D eigenvalue weighted by Crippen LogP contribution is -2.28. The molecule has 0 fully saturated rings. The van der Waals surface area contributed by atoms with Crippen LogP contribution in [0.2, 0.25) is 0 Å². The smallest absolute Gasteiger partial charge is 0.266 e. The van der Waals surface area contributed by atoms with Gasteiger partial charge >= 0.3 is 0 Å². The van der Waals surface area contributed by atoms with Gasteiger partial charge in [-0.05, 0) is 37.3 Å². The molecule has 3 heterocycles. The molecule has 32 heavy (non-hydrogen) atoms. The van der Waals surface area contributed by atoms with Crippen molar-refractivity contribution in [1.29, 1.82) is 0 Å². The van der Waals surface area contributed by atoms with E-state index in [2.05, 4.69) is 30.2 Å². The summed E-state index contributed by atoms with van der Waals surface area (Å²) in [5, 5.41) is 3.08. The average molecular weight is 437 g/mol. The van der Waals surface area contributed by atoms with Crippen molar-refractivity contribution in [3.8, 4) is 5.69 Å². The van der Waals surface area contributed by atoms with Gasteiger partial charge in [0.1, 0.15) is 35.1 Å². The molecule has 0 aliphatic heterocycles. The van der Waals surface area contributed by atoms with Crippen molar-refractivity contribution in [3.05, 3.63) is 82.7 Å². The highest BCUT2D eigenvalue weighted by Gasteiger charge is 2.22. The van der Waals surface area contributed by atoms with Crippen molar-refractivity contribution in [3.63, 3.8) is 0 Å². The summed E-state index contributed by atoms with van der Waals surface area (Å²) in [7, 11) is 0. The maximum absolute atomic E-state index is 14.7. The highest BCUT2D eigenvalue weighted by atomic mass is 19.1. The maximum Gasteiger partial charge on any atom is 0.266 e. The summed E-state index contributed by atoms with van der Waals surface area (Å²) in [6, 6.07) is 5.72. The molecule has 11 heteroatoms. The van der Waals surface area contributed by atoms with Crippen LogP contribution in [0.4, 0.5) is 19.0 Å². The van der Waals surface area contributed by atoms with E-state index >= 15 is 0 Å². The standard InChI is InChI=1S/C21H14F3N7O/c1-10(29-19-17-18(26-8-25-17)27-9-28-19)20-30-15-4-2-11(22)6-13(15)21(32)31(20)16-5-3-12(23)7-14(16)24/h2-10H,1H3,(H2,25,26,27,28,29). The fourth-order valence-electron chi connectivity index (χ4n) is 3.50. The Balaban J connectivity index is 1.73. The first kappa shape index (κ1) is 19.7. The molecule has 0 radical (unpaired) electrons. The number of benzene rings is 2. The third-order valence-electron chi connectivity index (χ3n) is 4.97. The van der Waals surface area contributed by atoms with E-state index < -0.39 is 29.1 Å². The number of aromatic nitrogens is 6. The van der Waals surface area contributed by atoms with Crippen molar-refractivity contribution in [2.24, 2.45) is 0 Å². The predicted octanol–water partition coefficient (Wildman–Crippen LogP) is 3.64. The molecule has 0 aliphatic carbocycles. The minimum Gasteiger partial charge on any atom is -0.358 e. The second-order valence-electron chi connectivity index (χ2n) is 7.06. The monoisotopic (exact) mass is 437 g/mol. The van der Waals surface area contributed by atoms with Gasteiger partial charge in [-0.1, -0.05) is 0 Å². The van der Waals surface area contributed by atoms with Crippen molar-refractivity contribution in [2.45, 2.75) is 13.0 Å². The number of nitrogens with zero attached hydrogens (tertiary/aromatic N) is 5. The molecule has 0 amide bonds. The van der Waals surface area contributed by atoms with Crippen LogP contribution in [0.15, 0.2) is 53.8 Å². The number of rotatable bonds is 4. The van der Waals surface area contributed by atoms with Crippen LogP contribution in [-0.4, -0.2) is 29.5 Å². The summed E-state index contributed by atoms with van der Waals surface area (Å²) < 4.78 is 43.0. The molecule has 1 atom stereocenters. The van der Waals surface area contributed by atoms with E-state index in [1.54, 1.807) is 6.92 Å². The Morgan fingerprint density at radius 1 is 1.03 bits per heavy atom. The molecule has 5 rings (SSSR count). The summed E-state index contributed by atoms with van der Waals surface area (Å²) in [4.78, 5) is 33.0. The van der Waals surface area contributed by atoms with Crippen LogP contribution >= 0.6 is 0 Å². The fraction of sp³-hybridized carbons (Fsp3) is 0.0952. The quantitative estimate of drug-likeness (QED) is 0.445. The molecule has 160 valence electrons. The number of halogens is 3. The molecule has 0 bridgehead atoms. The molecule has 0 saturated carbocycles. The zero-order chi connectivity index (χ0) is 22.4. The molecule has 2 aromatic carbocycles. The third-order valence-corrected chi connectivity index (χ3v) is 4.97. The molecule has 1 unspecified atom stereocenters. The Morgan fingerprint density at radius 3 is 2.62 bits per heavy atom. The van der Waals surface area contributed by atoms with Gasteiger partial charge in [-0.3, -0.25) is 9.36 Å². The Hall–Kier alpha value is -4.28. The largest absolute Gasteiger partial charge is 0.358 e. The number of anilines is 1. The molecule has 2 N–H and O–H groups in total. The zero-order valence-corrected chi connectivity index (χ0v) is 16.5. The highest BCUT2D eigenvalue weighted by molar-refractivity contribution is 5.82. The predicted molar refractivity (Wildman–Crippen MR) is 111 cm³/mol. The molecule has 0 aliphatic rings. The SMILES string of the molecule is CC(Nc1ncnc2nc[nH]c12)c1nc2ccc(F)cc2c(=O)n1-c1ccc(F)cc1F. The van der Waals surface area contributed by atoms with Crippen molar-refractivity contribution >= 4 is 27.9 Å². The van der Waals surface area contributed by atoms with Gasteiger partial charge in [-0.25, -0.2) is 33.1 Å². The first-order valence-electron chi connectivity index (χ1n) is 9.50. The lowest BCUT2D eigenvalue weighted by atomic mass is 10.2. The number of H-pyrrole nitrogens is 1. The topological polar surface area (TPSA) is 101 Å². The zero-order valence-electron chi connectivity index (χ0n) is 16.5. The van der Waals surface area contributed by atoms with Crippen molar-refractivity contribution < 1.29 is 13.2 Å². The van der Waals surface area contributed by atoms with Crippen LogP contribution in [0.25, 0.3) is 27.8 Å². The van der Waals surface area contributed by atoms with E-state index in [0.29, 0.717) is 23.0 Å². The number of nitrogens with one attached hydrogen (secondary N) is 2. The van der Waals surface area contributed by atoms with Gasteiger partial charge in [0.05, 0.1) is 29.0 Å². The van der Waals surface area contributed by atoms with E-state index in [9.17, 15) is 18.0 Å². The Bertz CT molecular complexity index is 1550. The minimum absolute atomic E-state index is 0.0392. The van der Waals surface area contributed by atoms with Gasteiger partial charge in [-0.15, -0.1) is 0 Å². The second kappa shape index (κ2) is 7.45. The third kappa shape index (κ3) is 3.23. The van der Waals surface area contributed by atoms with Gasteiger partial charge in [-0.2, -0.15) is 0 Å². The Kier molecular flexibility index (Phi) is 4.58. The summed E-state index contributed by atoms with van der Waals surface area (Å²) in [5.41, 5.74) is 0.280. The van der Waals surface area contributed by atoms with E-state index in [0.717, 1.165) is 22.8 Å². The van der Waals surface area contributed by atoms with Crippen molar-refractivity contribution in [1.82, 2.24) is 29.5 Å². The molecule has 0 saturated heterocycles. The average Bonchev–Trinajstić information content (AvgIpc) is 3.25. The van der Waals surface area contributed by atoms with Gasteiger partial charge in [0.2, 0.25) is 0 Å². The second-order valence-corrected chi connectivity index (χ2v) is 7.06. The van der Waals surface area contributed by atoms with Crippen LogP contribution < -0.4 is 10.9 Å². The number of aromatic amines is 1. The first-order chi connectivity index (χ1) is 15.4. The maximum atomic E-state index is 14.7. The number of hydrogen-bond acceptors (Lipinski definition) is 6.